The molecule has 0 aromatic rings. The van der Waals surface area contributed by atoms with Crippen LogP contribution in [0.15, 0.2) is 0 Å². The lowest BCUT2D eigenvalue weighted by atomic mass is 10.2. The van der Waals surface area contributed by atoms with E-state index in [1.165, 1.54) is 6.42 Å². The van der Waals surface area contributed by atoms with Crippen molar-refractivity contribution >= 4 is 11.6 Å². The maximum atomic E-state index is 5.90. The van der Waals surface area contributed by atoms with Crippen LogP contribution in [-0.4, -0.2) is 18.0 Å². The fraction of sp³-hybridized carbons (Fsp3) is 1.00. The molecular weight excluding hydrogens is 146 g/mol. The van der Waals surface area contributed by atoms with Gasteiger partial charge in [-0.2, -0.15) is 0 Å². The van der Waals surface area contributed by atoms with E-state index >= 15 is 0 Å². The Morgan fingerprint density at radius 1 is 1.30 bits per heavy atom. The Morgan fingerprint density at radius 3 is 2.30 bits per heavy atom. The molecule has 1 nitrogen and oxygen atoms in total. The van der Waals surface area contributed by atoms with Crippen LogP contribution in [0.4, 0.5) is 0 Å². The van der Waals surface area contributed by atoms with Crippen LogP contribution in [0.25, 0.3) is 0 Å². The standard InChI is InChI=1S/C8H18ClN/c1-4-7(3)10-6-8(9)5-2/h7-8,10H,4-6H2,1-3H3. The molecule has 0 heterocycles. The highest BCUT2D eigenvalue weighted by Crippen LogP contribution is 1.99. The smallest absolute Gasteiger partial charge is 0.0458 e. The lowest BCUT2D eigenvalue weighted by Crippen LogP contribution is -2.30. The van der Waals surface area contributed by atoms with Crippen LogP contribution in [0.2, 0.25) is 0 Å². The van der Waals surface area contributed by atoms with Gasteiger partial charge in [-0.3, -0.25) is 0 Å². The van der Waals surface area contributed by atoms with Crippen LogP contribution >= 0.6 is 11.6 Å². The number of nitrogens with one attached hydrogen (secondary N) is 1. The first-order valence-corrected chi connectivity index (χ1v) is 4.51. The van der Waals surface area contributed by atoms with E-state index in [1.807, 2.05) is 0 Å². The quantitative estimate of drug-likeness (QED) is 0.614. The minimum atomic E-state index is 0.300. The Balaban J connectivity index is 3.17. The molecule has 2 atom stereocenters. The summed E-state index contributed by atoms with van der Waals surface area (Å²) in [5.41, 5.74) is 0. The summed E-state index contributed by atoms with van der Waals surface area (Å²) in [6.07, 6.45) is 2.22. The van der Waals surface area contributed by atoms with Crippen molar-refractivity contribution in [2.24, 2.45) is 0 Å². The molecule has 0 aliphatic rings. The van der Waals surface area contributed by atoms with E-state index in [-0.39, 0.29) is 0 Å². The first kappa shape index (κ1) is 10.2. The highest BCUT2D eigenvalue weighted by atomic mass is 35.5. The third-order valence-electron chi connectivity index (χ3n) is 1.74. The molecule has 0 saturated carbocycles. The second kappa shape index (κ2) is 5.99. The molecule has 0 aromatic carbocycles. The summed E-state index contributed by atoms with van der Waals surface area (Å²) in [4.78, 5) is 0. The first-order valence-electron chi connectivity index (χ1n) is 4.08. The molecule has 0 rings (SSSR count). The summed E-state index contributed by atoms with van der Waals surface area (Å²) in [6, 6.07) is 0.604. The van der Waals surface area contributed by atoms with Crippen molar-refractivity contribution in [2.75, 3.05) is 6.54 Å². The average Bonchev–Trinajstić information content (AvgIpc) is 1.99. The Hall–Kier alpha value is 0.250. The maximum absolute atomic E-state index is 5.90. The molecule has 0 spiro atoms. The molecule has 0 aliphatic carbocycles. The van der Waals surface area contributed by atoms with Gasteiger partial charge in [-0.15, -0.1) is 11.6 Å². The van der Waals surface area contributed by atoms with Gasteiger partial charge in [0.15, 0.2) is 0 Å². The molecule has 0 aliphatic heterocycles. The highest BCUT2D eigenvalue weighted by molar-refractivity contribution is 6.20. The van der Waals surface area contributed by atoms with Crippen LogP contribution < -0.4 is 5.32 Å². The molecule has 2 heteroatoms. The van der Waals surface area contributed by atoms with Crippen molar-refractivity contribution in [1.29, 1.82) is 0 Å². The Labute approximate surface area is 69.1 Å². The van der Waals surface area contributed by atoms with Crippen LogP contribution in [0.5, 0.6) is 0 Å². The SMILES string of the molecule is CCC(Cl)CNC(C)CC. The highest BCUT2D eigenvalue weighted by Gasteiger charge is 2.02. The number of hydrogen-bond donors (Lipinski definition) is 1. The number of alkyl halides is 1. The zero-order valence-corrected chi connectivity index (χ0v) is 7.91. The fourth-order valence-corrected chi connectivity index (χ4v) is 0.707. The molecule has 0 aromatic heterocycles. The van der Waals surface area contributed by atoms with E-state index in [0.717, 1.165) is 13.0 Å². The Kier molecular flexibility index (Phi) is 6.14. The molecule has 0 saturated heterocycles. The normalized spacial score (nSPS) is 16.8. The van der Waals surface area contributed by atoms with Crippen molar-refractivity contribution in [1.82, 2.24) is 5.32 Å². The van der Waals surface area contributed by atoms with Gasteiger partial charge in [-0.05, 0) is 19.8 Å². The predicted molar refractivity (Wildman–Crippen MR) is 47.7 cm³/mol. The minimum absolute atomic E-state index is 0.300. The Bertz CT molecular complexity index is 65.7. The topological polar surface area (TPSA) is 12.0 Å². The summed E-state index contributed by atoms with van der Waals surface area (Å²) in [5, 5.41) is 3.65. The summed E-state index contributed by atoms with van der Waals surface area (Å²) >= 11 is 5.90. The molecule has 0 fully saturated rings. The molecular formula is C8H18ClN. The van der Waals surface area contributed by atoms with Gasteiger partial charge < -0.3 is 5.32 Å². The summed E-state index contributed by atoms with van der Waals surface area (Å²) in [6.45, 7) is 7.40. The second-order valence-corrected chi connectivity index (χ2v) is 3.34. The van der Waals surface area contributed by atoms with E-state index in [0.29, 0.717) is 11.4 Å². The molecule has 2 unspecified atom stereocenters. The third-order valence-corrected chi connectivity index (χ3v) is 2.21. The van der Waals surface area contributed by atoms with Crippen molar-refractivity contribution < 1.29 is 0 Å². The molecule has 0 radical (unpaired) electrons. The lowest BCUT2D eigenvalue weighted by Gasteiger charge is -2.13. The second-order valence-electron chi connectivity index (χ2n) is 2.72. The van der Waals surface area contributed by atoms with Crippen LogP contribution in [-0.2, 0) is 0 Å². The van der Waals surface area contributed by atoms with Crippen LogP contribution in [0, 0.1) is 0 Å². The van der Waals surface area contributed by atoms with Crippen molar-refractivity contribution in [3.8, 4) is 0 Å². The number of rotatable bonds is 5. The molecule has 1 N–H and O–H groups in total. The fourth-order valence-electron chi connectivity index (χ4n) is 0.618. The summed E-state index contributed by atoms with van der Waals surface area (Å²) in [7, 11) is 0. The van der Waals surface area contributed by atoms with Gasteiger partial charge in [0.25, 0.3) is 0 Å². The first-order chi connectivity index (χ1) is 4.70. The zero-order chi connectivity index (χ0) is 7.98. The van der Waals surface area contributed by atoms with Gasteiger partial charge in [-0.25, -0.2) is 0 Å². The predicted octanol–water partition coefficient (Wildman–Crippen LogP) is 2.39. The van der Waals surface area contributed by atoms with E-state index < -0.39 is 0 Å². The van der Waals surface area contributed by atoms with Gasteiger partial charge in [0.1, 0.15) is 0 Å². The van der Waals surface area contributed by atoms with Gasteiger partial charge >= 0.3 is 0 Å². The molecule has 62 valence electrons. The largest absolute Gasteiger partial charge is 0.313 e. The van der Waals surface area contributed by atoms with E-state index in [2.05, 4.69) is 26.1 Å². The maximum Gasteiger partial charge on any atom is 0.0458 e. The zero-order valence-electron chi connectivity index (χ0n) is 7.15. The van der Waals surface area contributed by atoms with E-state index in [9.17, 15) is 0 Å². The third kappa shape index (κ3) is 5.07. The minimum Gasteiger partial charge on any atom is -0.313 e. The summed E-state index contributed by atoms with van der Waals surface area (Å²) in [5.74, 6) is 0. The lowest BCUT2D eigenvalue weighted by molar-refractivity contribution is 0.524. The molecule has 0 amide bonds. The van der Waals surface area contributed by atoms with Gasteiger partial charge in [0.05, 0.1) is 0 Å². The Morgan fingerprint density at radius 2 is 1.90 bits per heavy atom. The number of hydrogen-bond acceptors (Lipinski definition) is 1. The summed E-state index contributed by atoms with van der Waals surface area (Å²) < 4.78 is 0. The van der Waals surface area contributed by atoms with Gasteiger partial charge in [0, 0.05) is 18.0 Å². The van der Waals surface area contributed by atoms with Crippen molar-refractivity contribution in [3.63, 3.8) is 0 Å². The van der Waals surface area contributed by atoms with Crippen LogP contribution in [0.3, 0.4) is 0 Å². The molecule has 0 bridgehead atoms. The monoisotopic (exact) mass is 163 g/mol. The van der Waals surface area contributed by atoms with Gasteiger partial charge in [-0.1, -0.05) is 13.8 Å². The average molecular weight is 164 g/mol. The van der Waals surface area contributed by atoms with Crippen molar-refractivity contribution in [3.05, 3.63) is 0 Å². The van der Waals surface area contributed by atoms with Gasteiger partial charge in [0.2, 0.25) is 0 Å². The van der Waals surface area contributed by atoms with Crippen LogP contribution in [0.1, 0.15) is 33.6 Å². The van der Waals surface area contributed by atoms with E-state index in [4.69, 9.17) is 11.6 Å². The number of halogens is 1. The molecule has 10 heavy (non-hydrogen) atoms. The van der Waals surface area contributed by atoms with E-state index in [1.54, 1.807) is 0 Å². The van der Waals surface area contributed by atoms with Crippen molar-refractivity contribution in [2.45, 2.75) is 45.0 Å².